The van der Waals surface area contributed by atoms with Crippen molar-refractivity contribution in [2.75, 3.05) is 18.5 Å². The standard InChI is InChI=1S/C20H22N6O2/c27-20(24-17-3-5-18(6-4-17)26-15-22-14-23-26)25(13-19-2-1-11-28-19)12-16-7-9-21-10-8-16/h3-10,14-15,19H,1-2,11-13H2,(H,24,27). The maximum atomic E-state index is 12.9. The van der Waals surface area contributed by atoms with Crippen molar-refractivity contribution in [1.29, 1.82) is 0 Å². The SMILES string of the molecule is O=C(Nc1ccc(-n2cncn2)cc1)N(Cc1ccncc1)CC1CCCO1. The number of nitrogens with one attached hydrogen (secondary N) is 1. The number of urea groups is 1. The van der Waals surface area contributed by atoms with Crippen LogP contribution in [0.5, 0.6) is 0 Å². The van der Waals surface area contributed by atoms with Crippen molar-refractivity contribution in [2.24, 2.45) is 0 Å². The summed E-state index contributed by atoms with van der Waals surface area (Å²) >= 11 is 0. The number of hydrogen-bond donors (Lipinski definition) is 1. The maximum absolute atomic E-state index is 12.9. The van der Waals surface area contributed by atoms with Crippen molar-refractivity contribution in [3.05, 3.63) is 67.0 Å². The van der Waals surface area contributed by atoms with Crippen LogP contribution in [0.25, 0.3) is 5.69 Å². The van der Waals surface area contributed by atoms with Gasteiger partial charge in [0.05, 0.1) is 11.8 Å². The lowest BCUT2D eigenvalue weighted by molar-refractivity contribution is 0.0819. The summed E-state index contributed by atoms with van der Waals surface area (Å²) in [4.78, 5) is 22.7. The lowest BCUT2D eigenvalue weighted by Crippen LogP contribution is -2.39. The number of carbonyl (C=O) groups excluding carboxylic acids is 1. The summed E-state index contributed by atoms with van der Waals surface area (Å²) in [7, 11) is 0. The Labute approximate surface area is 163 Å². The van der Waals surface area contributed by atoms with Crippen LogP contribution in [0, 0.1) is 0 Å². The Bertz CT molecular complexity index is 877. The van der Waals surface area contributed by atoms with Crippen molar-refractivity contribution in [2.45, 2.75) is 25.5 Å². The average molecular weight is 378 g/mol. The highest BCUT2D eigenvalue weighted by Gasteiger charge is 2.23. The summed E-state index contributed by atoms with van der Waals surface area (Å²) < 4.78 is 7.39. The minimum Gasteiger partial charge on any atom is -0.376 e. The van der Waals surface area contributed by atoms with Crippen LogP contribution < -0.4 is 5.32 Å². The monoisotopic (exact) mass is 378 g/mol. The van der Waals surface area contributed by atoms with Crippen LogP contribution in [0.15, 0.2) is 61.4 Å². The first-order valence-corrected chi connectivity index (χ1v) is 9.29. The highest BCUT2D eigenvalue weighted by atomic mass is 16.5. The molecule has 1 aliphatic heterocycles. The number of rotatable bonds is 6. The van der Waals surface area contributed by atoms with Crippen molar-refractivity contribution in [3.63, 3.8) is 0 Å². The number of amides is 2. The Balaban J connectivity index is 1.44. The van der Waals surface area contributed by atoms with E-state index in [-0.39, 0.29) is 12.1 Å². The van der Waals surface area contributed by atoms with Gasteiger partial charge in [0, 0.05) is 37.8 Å². The van der Waals surface area contributed by atoms with Gasteiger partial charge in [0.2, 0.25) is 0 Å². The molecule has 0 spiro atoms. The molecule has 1 fully saturated rings. The molecule has 0 saturated carbocycles. The lowest BCUT2D eigenvalue weighted by Gasteiger charge is -2.26. The molecular formula is C20H22N6O2. The van der Waals surface area contributed by atoms with Crippen LogP contribution in [-0.2, 0) is 11.3 Å². The van der Waals surface area contributed by atoms with Crippen LogP contribution in [-0.4, -0.2) is 49.9 Å². The van der Waals surface area contributed by atoms with Gasteiger partial charge in [0.1, 0.15) is 12.7 Å². The van der Waals surface area contributed by atoms with E-state index in [0.29, 0.717) is 13.1 Å². The molecule has 28 heavy (non-hydrogen) atoms. The third-order valence-corrected chi connectivity index (χ3v) is 4.66. The Morgan fingerprint density at radius 1 is 1.18 bits per heavy atom. The van der Waals surface area contributed by atoms with Gasteiger partial charge in [-0.15, -0.1) is 0 Å². The van der Waals surface area contributed by atoms with Gasteiger partial charge in [-0.3, -0.25) is 4.98 Å². The van der Waals surface area contributed by atoms with Gasteiger partial charge in [-0.25, -0.2) is 14.5 Å². The zero-order valence-electron chi connectivity index (χ0n) is 15.4. The average Bonchev–Trinajstić information content (AvgIpc) is 3.43. The predicted molar refractivity (Wildman–Crippen MR) is 104 cm³/mol. The van der Waals surface area contributed by atoms with Gasteiger partial charge in [0.25, 0.3) is 0 Å². The van der Waals surface area contributed by atoms with E-state index >= 15 is 0 Å². The fraction of sp³-hybridized carbons (Fsp3) is 0.300. The molecular weight excluding hydrogens is 356 g/mol. The molecule has 0 radical (unpaired) electrons. The first-order chi connectivity index (χ1) is 13.8. The molecule has 3 aromatic rings. The van der Waals surface area contributed by atoms with E-state index < -0.39 is 0 Å². The molecule has 0 aliphatic carbocycles. The van der Waals surface area contributed by atoms with Crippen molar-refractivity contribution in [1.82, 2.24) is 24.6 Å². The zero-order valence-corrected chi connectivity index (χ0v) is 15.4. The fourth-order valence-corrected chi connectivity index (χ4v) is 3.20. The second-order valence-electron chi connectivity index (χ2n) is 6.69. The Morgan fingerprint density at radius 3 is 2.68 bits per heavy atom. The molecule has 144 valence electrons. The summed E-state index contributed by atoms with van der Waals surface area (Å²) in [6.45, 7) is 1.83. The minimum atomic E-state index is -0.152. The van der Waals surface area contributed by atoms with Gasteiger partial charge in [-0.1, -0.05) is 0 Å². The largest absolute Gasteiger partial charge is 0.376 e. The van der Waals surface area contributed by atoms with Gasteiger partial charge >= 0.3 is 6.03 Å². The molecule has 2 amide bonds. The molecule has 1 aliphatic rings. The first-order valence-electron chi connectivity index (χ1n) is 9.29. The van der Waals surface area contributed by atoms with Crippen LogP contribution in [0.2, 0.25) is 0 Å². The molecule has 0 bridgehead atoms. The molecule has 8 nitrogen and oxygen atoms in total. The van der Waals surface area contributed by atoms with Crippen LogP contribution in [0.1, 0.15) is 18.4 Å². The van der Waals surface area contributed by atoms with E-state index in [1.165, 1.54) is 6.33 Å². The number of nitrogens with zero attached hydrogens (tertiary/aromatic N) is 5. The summed E-state index contributed by atoms with van der Waals surface area (Å²) in [6.07, 6.45) is 8.69. The molecule has 8 heteroatoms. The van der Waals surface area contributed by atoms with E-state index in [1.54, 1.807) is 28.3 Å². The second kappa shape index (κ2) is 8.62. The van der Waals surface area contributed by atoms with Crippen molar-refractivity contribution in [3.8, 4) is 5.69 Å². The van der Waals surface area contributed by atoms with Gasteiger partial charge in [-0.2, -0.15) is 5.10 Å². The van der Waals surface area contributed by atoms with Gasteiger partial charge in [-0.05, 0) is 54.8 Å². The number of carbonyl (C=O) groups is 1. The van der Waals surface area contributed by atoms with Gasteiger partial charge in [0.15, 0.2) is 0 Å². The van der Waals surface area contributed by atoms with E-state index in [4.69, 9.17) is 4.74 Å². The van der Waals surface area contributed by atoms with Crippen molar-refractivity contribution >= 4 is 11.7 Å². The van der Waals surface area contributed by atoms with E-state index in [0.717, 1.165) is 36.4 Å². The Hall–Kier alpha value is -3.26. The highest BCUT2D eigenvalue weighted by Crippen LogP contribution is 2.17. The molecule has 2 aromatic heterocycles. The first kappa shape index (κ1) is 18.1. The number of aromatic nitrogens is 4. The molecule has 1 N–H and O–H groups in total. The van der Waals surface area contributed by atoms with E-state index in [2.05, 4.69) is 20.4 Å². The Kier molecular flexibility index (Phi) is 5.58. The normalized spacial score (nSPS) is 16.1. The number of pyridine rings is 1. The maximum Gasteiger partial charge on any atom is 0.322 e. The van der Waals surface area contributed by atoms with Crippen LogP contribution in [0.3, 0.4) is 0 Å². The zero-order chi connectivity index (χ0) is 19.2. The molecule has 3 heterocycles. The summed E-state index contributed by atoms with van der Waals surface area (Å²) in [5, 5.41) is 7.08. The third-order valence-electron chi connectivity index (χ3n) is 4.66. The summed E-state index contributed by atoms with van der Waals surface area (Å²) in [5.74, 6) is 0. The highest BCUT2D eigenvalue weighted by molar-refractivity contribution is 5.89. The van der Waals surface area contributed by atoms with E-state index in [9.17, 15) is 4.79 Å². The molecule has 1 atom stereocenters. The van der Waals surface area contributed by atoms with Crippen LogP contribution >= 0.6 is 0 Å². The number of anilines is 1. The van der Waals surface area contributed by atoms with Crippen LogP contribution in [0.4, 0.5) is 10.5 Å². The number of ether oxygens (including phenoxy) is 1. The lowest BCUT2D eigenvalue weighted by atomic mass is 10.2. The number of benzene rings is 1. The third kappa shape index (κ3) is 4.52. The fourth-order valence-electron chi connectivity index (χ4n) is 3.20. The summed E-state index contributed by atoms with van der Waals surface area (Å²) in [5.41, 5.74) is 2.63. The second-order valence-corrected chi connectivity index (χ2v) is 6.69. The van der Waals surface area contributed by atoms with Crippen molar-refractivity contribution < 1.29 is 9.53 Å². The molecule has 1 saturated heterocycles. The minimum absolute atomic E-state index is 0.0854. The molecule has 4 rings (SSSR count). The molecule has 1 unspecified atom stereocenters. The van der Waals surface area contributed by atoms with E-state index in [1.807, 2.05) is 36.4 Å². The Morgan fingerprint density at radius 2 is 2.00 bits per heavy atom. The quantitative estimate of drug-likeness (QED) is 0.713. The van der Waals surface area contributed by atoms with Gasteiger partial charge < -0.3 is 15.0 Å². The molecule has 1 aromatic carbocycles. The number of hydrogen-bond acceptors (Lipinski definition) is 5. The topological polar surface area (TPSA) is 85.2 Å². The predicted octanol–water partition coefficient (Wildman–Crippen LogP) is 2.88. The smallest absolute Gasteiger partial charge is 0.322 e. The summed E-state index contributed by atoms with van der Waals surface area (Å²) in [6, 6.07) is 11.2.